The van der Waals surface area contributed by atoms with Gasteiger partial charge in [0.15, 0.2) is 0 Å². The third-order valence-corrected chi connectivity index (χ3v) is 3.54. The molecule has 1 rings (SSSR count). The van der Waals surface area contributed by atoms with Gasteiger partial charge in [0.25, 0.3) is 0 Å². The minimum Gasteiger partial charge on any atom is -0.298 e. The zero-order valence-corrected chi connectivity index (χ0v) is 11.8. The van der Waals surface area contributed by atoms with Crippen LogP contribution in [0.15, 0.2) is 28.7 Å². The van der Waals surface area contributed by atoms with Crippen molar-refractivity contribution in [3.8, 4) is 0 Å². The first kappa shape index (κ1) is 12.9. The van der Waals surface area contributed by atoms with Crippen LogP contribution in [0.4, 0.5) is 0 Å². The first-order chi connectivity index (χ1) is 7.13. The van der Waals surface area contributed by atoms with E-state index in [4.69, 9.17) is 0 Å². The number of Topliss-reactive ketones (excluding diaryl/α,β-unsaturated/α-hetero) is 1. The average molecular weight is 334 g/mol. The molecule has 0 amide bonds. The molecule has 0 aliphatic heterocycles. The number of hydrogen-bond acceptors (Lipinski definition) is 1. The van der Waals surface area contributed by atoms with Crippen LogP contribution in [-0.4, -0.2) is 10.6 Å². The Kier molecular flexibility index (Phi) is 5.54. The van der Waals surface area contributed by atoms with Gasteiger partial charge in [0.05, 0.1) is 4.83 Å². The van der Waals surface area contributed by atoms with Gasteiger partial charge >= 0.3 is 0 Å². The summed E-state index contributed by atoms with van der Waals surface area (Å²) in [6.45, 7) is 2.03. The molecule has 0 aliphatic rings. The van der Waals surface area contributed by atoms with Gasteiger partial charge in [-0.25, -0.2) is 0 Å². The fraction of sp³-hybridized carbons (Fsp3) is 0.417. The van der Waals surface area contributed by atoms with Crippen LogP contribution in [-0.2, 0) is 11.2 Å². The van der Waals surface area contributed by atoms with Crippen LogP contribution in [0.1, 0.15) is 25.3 Å². The average Bonchev–Trinajstić information content (AvgIpc) is 2.22. The second-order valence-corrected chi connectivity index (χ2v) is 5.54. The Bertz CT molecular complexity index is 319. The number of hydrogen-bond donors (Lipinski definition) is 0. The van der Waals surface area contributed by atoms with Gasteiger partial charge in [-0.3, -0.25) is 4.79 Å². The quantitative estimate of drug-likeness (QED) is 0.740. The molecule has 1 aromatic rings. The summed E-state index contributed by atoms with van der Waals surface area (Å²) >= 11 is 6.83. The monoisotopic (exact) mass is 332 g/mol. The van der Waals surface area contributed by atoms with Crippen molar-refractivity contribution in [1.29, 1.82) is 0 Å². The Morgan fingerprint density at radius 2 is 1.93 bits per heavy atom. The van der Waals surface area contributed by atoms with Gasteiger partial charge in [0.2, 0.25) is 0 Å². The molecule has 15 heavy (non-hydrogen) atoms. The fourth-order valence-corrected chi connectivity index (χ4v) is 2.21. The zero-order valence-electron chi connectivity index (χ0n) is 8.67. The van der Waals surface area contributed by atoms with Crippen LogP contribution >= 0.6 is 31.9 Å². The van der Waals surface area contributed by atoms with E-state index < -0.39 is 0 Å². The van der Waals surface area contributed by atoms with E-state index in [9.17, 15) is 4.79 Å². The molecule has 0 spiro atoms. The molecule has 0 aromatic heterocycles. The molecular formula is C12H14Br2O. The summed E-state index contributed by atoms with van der Waals surface area (Å²) in [5.41, 5.74) is 1.18. The lowest BCUT2D eigenvalue weighted by Gasteiger charge is -2.08. The van der Waals surface area contributed by atoms with E-state index in [0.29, 0.717) is 12.2 Å². The first-order valence-electron chi connectivity index (χ1n) is 5.04. The summed E-state index contributed by atoms with van der Waals surface area (Å²) in [5.74, 6) is 0.292. The van der Waals surface area contributed by atoms with Crippen LogP contribution in [0.2, 0.25) is 0 Å². The Labute approximate surface area is 108 Å². The molecule has 3 heteroatoms. The topological polar surface area (TPSA) is 17.1 Å². The fourth-order valence-electron chi connectivity index (χ4n) is 1.34. The van der Waals surface area contributed by atoms with Gasteiger partial charge < -0.3 is 0 Å². The van der Waals surface area contributed by atoms with Crippen molar-refractivity contribution < 1.29 is 4.79 Å². The molecule has 0 bridgehead atoms. The lowest BCUT2D eigenvalue weighted by atomic mass is 10.1. The SMILES string of the molecule is CCCC(=O)C(Br)Cc1ccc(Br)cc1. The second kappa shape index (κ2) is 6.44. The molecular weight excluding hydrogens is 320 g/mol. The number of alkyl halides is 1. The summed E-state index contributed by atoms with van der Waals surface area (Å²) in [7, 11) is 0. The summed E-state index contributed by atoms with van der Waals surface area (Å²) in [5, 5.41) is 0. The number of carbonyl (C=O) groups is 1. The Hall–Kier alpha value is -0.150. The van der Waals surface area contributed by atoms with Crippen molar-refractivity contribution in [2.45, 2.75) is 31.0 Å². The maximum Gasteiger partial charge on any atom is 0.146 e. The van der Waals surface area contributed by atoms with Gasteiger partial charge in [-0.1, -0.05) is 50.9 Å². The standard InChI is InChI=1S/C12H14Br2O/c1-2-3-12(15)11(14)8-9-4-6-10(13)7-5-9/h4-7,11H,2-3,8H2,1H3. The predicted molar refractivity (Wildman–Crippen MR) is 70.5 cm³/mol. The largest absolute Gasteiger partial charge is 0.298 e. The van der Waals surface area contributed by atoms with Gasteiger partial charge in [0, 0.05) is 10.9 Å². The van der Waals surface area contributed by atoms with E-state index in [-0.39, 0.29) is 4.83 Å². The first-order valence-corrected chi connectivity index (χ1v) is 6.75. The Balaban J connectivity index is 2.54. The van der Waals surface area contributed by atoms with Crippen molar-refractivity contribution in [3.05, 3.63) is 34.3 Å². The number of rotatable bonds is 5. The summed E-state index contributed by atoms with van der Waals surface area (Å²) in [4.78, 5) is 11.5. The van der Waals surface area contributed by atoms with E-state index in [0.717, 1.165) is 17.3 Å². The van der Waals surface area contributed by atoms with E-state index in [1.807, 2.05) is 31.2 Å². The van der Waals surface area contributed by atoms with Crippen LogP contribution in [0.5, 0.6) is 0 Å². The lowest BCUT2D eigenvalue weighted by Crippen LogP contribution is -2.16. The normalized spacial score (nSPS) is 12.5. The van der Waals surface area contributed by atoms with E-state index in [1.165, 1.54) is 5.56 Å². The maximum absolute atomic E-state index is 11.6. The molecule has 1 atom stereocenters. The summed E-state index contributed by atoms with van der Waals surface area (Å²) in [6.07, 6.45) is 2.35. The van der Waals surface area contributed by atoms with Gasteiger partial charge in [0.1, 0.15) is 5.78 Å². The summed E-state index contributed by atoms with van der Waals surface area (Å²) < 4.78 is 1.07. The molecule has 0 radical (unpaired) electrons. The van der Waals surface area contributed by atoms with Crippen molar-refractivity contribution in [2.75, 3.05) is 0 Å². The lowest BCUT2D eigenvalue weighted by molar-refractivity contribution is -0.118. The molecule has 1 unspecified atom stereocenters. The minimum atomic E-state index is -0.0429. The number of ketones is 1. The van der Waals surface area contributed by atoms with Crippen molar-refractivity contribution >= 4 is 37.6 Å². The molecule has 0 heterocycles. The minimum absolute atomic E-state index is 0.0429. The third kappa shape index (κ3) is 4.47. The van der Waals surface area contributed by atoms with Crippen molar-refractivity contribution in [2.24, 2.45) is 0 Å². The van der Waals surface area contributed by atoms with E-state index in [1.54, 1.807) is 0 Å². The molecule has 0 fully saturated rings. The maximum atomic E-state index is 11.6. The molecule has 0 aliphatic carbocycles. The van der Waals surface area contributed by atoms with Gasteiger partial charge in [-0.15, -0.1) is 0 Å². The van der Waals surface area contributed by atoms with Crippen molar-refractivity contribution in [1.82, 2.24) is 0 Å². The van der Waals surface area contributed by atoms with Gasteiger partial charge in [-0.05, 0) is 30.5 Å². The van der Waals surface area contributed by atoms with Crippen LogP contribution in [0.25, 0.3) is 0 Å². The number of benzene rings is 1. The van der Waals surface area contributed by atoms with Gasteiger partial charge in [-0.2, -0.15) is 0 Å². The third-order valence-electron chi connectivity index (χ3n) is 2.17. The van der Waals surface area contributed by atoms with E-state index in [2.05, 4.69) is 31.9 Å². The Morgan fingerprint density at radius 1 is 1.33 bits per heavy atom. The highest BCUT2D eigenvalue weighted by Gasteiger charge is 2.13. The molecule has 1 aromatic carbocycles. The smallest absolute Gasteiger partial charge is 0.146 e. The van der Waals surface area contributed by atoms with Crippen LogP contribution in [0, 0.1) is 0 Å². The highest BCUT2D eigenvalue weighted by Crippen LogP contribution is 2.16. The molecule has 0 saturated carbocycles. The molecule has 0 N–H and O–H groups in total. The number of halogens is 2. The zero-order chi connectivity index (χ0) is 11.3. The summed E-state index contributed by atoms with van der Waals surface area (Å²) in [6, 6.07) is 8.08. The molecule has 0 saturated heterocycles. The highest BCUT2D eigenvalue weighted by atomic mass is 79.9. The van der Waals surface area contributed by atoms with Crippen LogP contribution < -0.4 is 0 Å². The highest BCUT2D eigenvalue weighted by molar-refractivity contribution is 9.10. The van der Waals surface area contributed by atoms with E-state index >= 15 is 0 Å². The molecule has 82 valence electrons. The number of carbonyl (C=O) groups excluding carboxylic acids is 1. The second-order valence-electron chi connectivity index (χ2n) is 3.51. The molecule has 1 nitrogen and oxygen atoms in total. The predicted octanol–water partition coefficient (Wildman–Crippen LogP) is 4.12. The van der Waals surface area contributed by atoms with Crippen molar-refractivity contribution in [3.63, 3.8) is 0 Å². The Morgan fingerprint density at radius 3 is 2.47 bits per heavy atom. The van der Waals surface area contributed by atoms with Crippen LogP contribution in [0.3, 0.4) is 0 Å².